The quantitative estimate of drug-likeness (QED) is 0.871. The minimum absolute atomic E-state index is 0.309. The first-order valence-electron chi connectivity index (χ1n) is 4.46. The predicted molar refractivity (Wildman–Crippen MR) is 55.6 cm³/mol. The fourth-order valence-electron chi connectivity index (χ4n) is 1.16. The zero-order chi connectivity index (χ0) is 11.4. The maximum absolute atomic E-state index is 12.0. The number of hydrogen-bond acceptors (Lipinski definition) is 2. The lowest BCUT2D eigenvalue weighted by Crippen LogP contribution is -2.12. The molecule has 0 saturated heterocycles. The molecule has 1 aromatic carbocycles. The summed E-state index contributed by atoms with van der Waals surface area (Å²) < 4.78 is 28.8. The van der Waals surface area contributed by atoms with Gasteiger partial charge in [-0.1, -0.05) is 11.6 Å². The Labute approximate surface area is 92.0 Å². The van der Waals surface area contributed by atoms with Crippen molar-refractivity contribution in [3.63, 3.8) is 0 Å². The van der Waals surface area contributed by atoms with Gasteiger partial charge in [-0.2, -0.15) is 0 Å². The van der Waals surface area contributed by atoms with E-state index in [0.29, 0.717) is 16.3 Å². The first-order valence-corrected chi connectivity index (χ1v) is 4.84. The molecule has 15 heavy (non-hydrogen) atoms. The predicted octanol–water partition coefficient (Wildman–Crippen LogP) is 3.00. The lowest BCUT2D eigenvalue weighted by atomic mass is 10.1. The van der Waals surface area contributed by atoms with Crippen LogP contribution in [0.3, 0.4) is 0 Å². The van der Waals surface area contributed by atoms with Gasteiger partial charge in [0.15, 0.2) is 0 Å². The fourth-order valence-corrected chi connectivity index (χ4v) is 1.34. The average Bonchev–Trinajstić information content (AvgIpc) is 2.15. The molecule has 2 nitrogen and oxygen atoms in total. The summed E-state index contributed by atoms with van der Waals surface area (Å²) in [5.74, 6) is 0.356. The molecule has 0 aromatic heterocycles. The molecule has 0 heterocycles. The molecule has 0 aliphatic rings. The first-order chi connectivity index (χ1) is 7.00. The summed E-state index contributed by atoms with van der Waals surface area (Å²) in [6, 6.07) is 4.43. The average molecular weight is 236 g/mol. The Morgan fingerprint density at radius 3 is 2.67 bits per heavy atom. The summed E-state index contributed by atoms with van der Waals surface area (Å²) in [6.07, 6.45) is -2.50. The Morgan fingerprint density at radius 2 is 2.13 bits per heavy atom. The standard InChI is InChI=1S/C10H12ClF2NO/c1-6(14)8-4-7(11)2-3-9(8)15-5-10(12)13/h2-4,6,10H,5,14H2,1H3/t6-/m1/s1. The van der Waals surface area contributed by atoms with Gasteiger partial charge in [0, 0.05) is 16.6 Å². The lowest BCUT2D eigenvalue weighted by molar-refractivity contribution is 0.0813. The maximum atomic E-state index is 12.0. The largest absolute Gasteiger partial charge is 0.487 e. The van der Waals surface area contributed by atoms with Crippen molar-refractivity contribution in [1.82, 2.24) is 0 Å². The zero-order valence-corrected chi connectivity index (χ0v) is 8.97. The van der Waals surface area contributed by atoms with E-state index in [4.69, 9.17) is 22.1 Å². The second kappa shape index (κ2) is 5.28. The van der Waals surface area contributed by atoms with Crippen molar-refractivity contribution in [3.05, 3.63) is 28.8 Å². The fraction of sp³-hybridized carbons (Fsp3) is 0.400. The van der Waals surface area contributed by atoms with Crippen molar-refractivity contribution in [2.75, 3.05) is 6.61 Å². The van der Waals surface area contributed by atoms with Gasteiger partial charge in [-0.15, -0.1) is 0 Å². The van der Waals surface area contributed by atoms with Crippen LogP contribution < -0.4 is 10.5 Å². The Kier molecular flexibility index (Phi) is 4.29. The van der Waals surface area contributed by atoms with Crippen molar-refractivity contribution in [2.24, 2.45) is 5.73 Å². The summed E-state index contributed by atoms with van der Waals surface area (Å²) in [4.78, 5) is 0. The number of rotatable bonds is 4. The minimum Gasteiger partial charge on any atom is -0.487 e. The molecular weight excluding hydrogens is 224 g/mol. The first kappa shape index (κ1) is 12.2. The van der Waals surface area contributed by atoms with Crippen molar-refractivity contribution in [3.8, 4) is 5.75 Å². The van der Waals surface area contributed by atoms with Crippen LogP contribution >= 0.6 is 11.6 Å². The molecule has 0 spiro atoms. The highest BCUT2D eigenvalue weighted by Crippen LogP contribution is 2.27. The number of halogens is 3. The summed E-state index contributed by atoms with van der Waals surface area (Å²) >= 11 is 5.76. The van der Waals surface area contributed by atoms with E-state index in [0.717, 1.165) is 0 Å². The Bertz CT molecular complexity index is 331. The lowest BCUT2D eigenvalue weighted by Gasteiger charge is -2.13. The van der Waals surface area contributed by atoms with Gasteiger partial charge in [0.25, 0.3) is 6.43 Å². The van der Waals surface area contributed by atoms with E-state index >= 15 is 0 Å². The highest BCUT2D eigenvalue weighted by atomic mass is 35.5. The number of nitrogens with two attached hydrogens (primary N) is 1. The van der Waals surface area contributed by atoms with Crippen LogP contribution in [0.25, 0.3) is 0 Å². The highest BCUT2D eigenvalue weighted by Gasteiger charge is 2.11. The van der Waals surface area contributed by atoms with Crippen LogP contribution in [0.4, 0.5) is 8.78 Å². The zero-order valence-electron chi connectivity index (χ0n) is 8.21. The third-order valence-corrected chi connectivity index (χ3v) is 2.06. The van der Waals surface area contributed by atoms with Crippen molar-refractivity contribution in [2.45, 2.75) is 19.4 Å². The molecule has 0 bridgehead atoms. The molecule has 1 atom stereocenters. The smallest absolute Gasteiger partial charge is 0.272 e. The van der Waals surface area contributed by atoms with E-state index in [1.54, 1.807) is 25.1 Å². The molecular formula is C10H12ClF2NO. The van der Waals surface area contributed by atoms with Gasteiger partial charge in [0.05, 0.1) is 0 Å². The second-order valence-electron chi connectivity index (χ2n) is 3.17. The van der Waals surface area contributed by atoms with Crippen LogP contribution in [0.1, 0.15) is 18.5 Å². The van der Waals surface area contributed by atoms with Gasteiger partial charge >= 0.3 is 0 Å². The molecule has 0 aliphatic heterocycles. The van der Waals surface area contributed by atoms with E-state index in [2.05, 4.69) is 0 Å². The van der Waals surface area contributed by atoms with Gasteiger partial charge in [0.1, 0.15) is 12.4 Å². The molecule has 0 fully saturated rings. The molecule has 0 amide bonds. The maximum Gasteiger partial charge on any atom is 0.272 e. The summed E-state index contributed by atoms with van der Waals surface area (Å²) in [5, 5.41) is 0.506. The van der Waals surface area contributed by atoms with E-state index < -0.39 is 13.0 Å². The van der Waals surface area contributed by atoms with Crippen molar-refractivity contribution >= 4 is 11.6 Å². The number of benzene rings is 1. The normalized spacial score (nSPS) is 12.9. The van der Waals surface area contributed by atoms with E-state index in [1.807, 2.05) is 0 Å². The van der Waals surface area contributed by atoms with Crippen molar-refractivity contribution < 1.29 is 13.5 Å². The van der Waals surface area contributed by atoms with Gasteiger partial charge in [0.2, 0.25) is 0 Å². The third kappa shape index (κ3) is 3.64. The number of hydrogen-bond donors (Lipinski definition) is 1. The topological polar surface area (TPSA) is 35.2 Å². The Hall–Kier alpha value is -0.870. The molecule has 84 valence electrons. The van der Waals surface area contributed by atoms with Crippen LogP contribution in [0.2, 0.25) is 5.02 Å². The molecule has 0 unspecified atom stereocenters. The van der Waals surface area contributed by atoms with Gasteiger partial charge in [-0.05, 0) is 25.1 Å². The Balaban J connectivity index is 2.86. The number of ether oxygens (including phenoxy) is 1. The molecule has 1 aromatic rings. The summed E-state index contributed by atoms with van der Waals surface area (Å²) in [5.41, 5.74) is 6.29. The molecule has 0 aliphatic carbocycles. The van der Waals surface area contributed by atoms with E-state index in [-0.39, 0.29) is 6.04 Å². The number of alkyl halides is 2. The molecule has 1 rings (SSSR count). The monoisotopic (exact) mass is 235 g/mol. The van der Waals surface area contributed by atoms with Crippen LogP contribution in [-0.4, -0.2) is 13.0 Å². The Morgan fingerprint density at radius 1 is 1.47 bits per heavy atom. The van der Waals surface area contributed by atoms with Crippen LogP contribution in [0.5, 0.6) is 5.75 Å². The molecule has 5 heteroatoms. The highest BCUT2D eigenvalue weighted by molar-refractivity contribution is 6.30. The van der Waals surface area contributed by atoms with Crippen LogP contribution in [0.15, 0.2) is 18.2 Å². The van der Waals surface area contributed by atoms with E-state index in [9.17, 15) is 8.78 Å². The molecule has 0 saturated carbocycles. The van der Waals surface area contributed by atoms with Crippen LogP contribution in [0, 0.1) is 0 Å². The van der Waals surface area contributed by atoms with Crippen LogP contribution in [-0.2, 0) is 0 Å². The summed E-state index contributed by atoms with van der Waals surface area (Å²) in [6.45, 7) is 1.10. The van der Waals surface area contributed by atoms with Gasteiger partial charge in [-0.3, -0.25) is 0 Å². The summed E-state index contributed by atoms with van der Waals surface area (Å²) in [7, 11) is 0. The molecule has 2 N–H and O–H groups in total. The van der Waals surface area contributed by atoms with E-state index in [1.165, 1.54) is 0 Å². The SMILES string of the molecule is C[C@@H](N)c1cc(Cl)ccc1OCC(F)F. The van der Waals surface area contributed by atoms with Gasteiger partial charge in [-0.25, -0.2) is 8.78 Å². The minimum atomic E-state index is -2.50. The van der Waals surface area contributed by atoms with Crippen molar-refractivity contribution in [1.29, 1.82) is 0 Å². The van der Waals surface area contributed by atoms with Gasteiger partial charge < -0.3 is 10.5 Å². The molecule has 0 radical (unpaired) electrons. The third-order valence-electron chi connectivity index (χ3n) is 1.83. The second-order valence-corrected chi connectivity index (χ2v) is 3.61.